The maximum absolute atomic E-state index is 14.1. The Balaban J connectivity index is 1.28. The zero-order valence-electron chi connectivity index (χ0n) is 32.0. The van der Waals surface area contributed by atoms with Crippen molar-refractivity contribution in [2.24, 2.45) is 17.8 Å². The van der Waals surface area contributed by atoms with E-state index >= 15 is 0 Å². The third kappa shape index (κ3) is 10.4. The summed E-state index contributed by atoms with van der Waals surface area (Å²) in [6.07, 6.45) is -0.0252. The molecule has 3 amide bonds. The van der Waals surface area contributed by atoms with Gasteiger partial charge in [-0.15, -0.1) is 11.3 Å². The van der Waals surface area contributed by atoms with Gasteiger partial charge in [-0.2, -0.15) is 13.2 Å². The molecular formula is C37H50F3N7O7S. The zero-order valence-corrected chi connectivity index (χ0v) is 32.8. The highest BCUT2D eigenvalue weighted by Crippen LogP contribution is 2.40. The second kappa shape index (κ2) is 17.3. The number of hydrogen-bond acceptors (Lipinski definition) is 12. The monoisotopic (exact) mass is 793 g/mol. The van der Waals surface area contributed by atoms with Crippen LogP contribution in [0.4, 0.5) is 13.2 Å². The summed E-state index contributed by atoms with van der Waals surface area (Å²) < 4.78 is 49.7. The number of alkyl halides is 3. The number of carbonyl (C=O) groups excluding carboxylic acids is 5. The summed E-state index contributed by atoms with van der Waals surface area (Å²) in [5, 5.41) is 7.69. The van der Waals surface area contributed by atoms with Crippen LogP contribution in [0.15, 0.2) is 17.8 Å². The molecule has 302 valence electrons. The van der Waals surface area contributed by atoms with Crippen molar-refractivity contribution in [2.45, 2.75) is 115 Å². The molecule has 5 heterocycles. The van der Waals surface area contributed by atoms with Gasteiger partial charge in [-0.3, -0.25) is 28.9 Å². The lowest BCUT2D eigenvalue weighted by atomic mass is 9.83. The minimum absolute atomic E-state index is 0.0152. The molecule has 5 atom stereocenters. The van der Waals surface area contributed by atoms with E-state index in [1.165, 1.54) is 19.4 Å². The van der Waals surface area contributed by atoms with E-state index in [-0.39, 0.29) is 54.6 Å². The number of carbonyl (C=O) groups is 5. The highest BCUT2D eigenvalue weighted by molar-refractivity contribution is 7.09. The van der Waals surface area contributed by atoms with Crippen molar-refractivity contribution in [3.05, 3.63) is 39.9 Å². The normalized spacial score (nSPS) is 22.2. The Hall–Kier alpha value is -4.19. The first-order valence-corrected chi connectivity index (χ1v) is 19.5. The second-order valence-electron chi connectivity index (χ2n) is 15.4. The van der Waals surface area contributed by atoms with E-state index in [4.69, 9.17) is 9.47 Å². The predicted octanol–water partition coefficient (Wildman–Crippen LogP) is 4.10. The van der Waals surface area contributed by atoms with Gasteiger partial charge >= 0.3 is 18.1 Å². The number of nitrogens with zero attached hydrogens (tertiary/aromatic N) is 5. The molecule has 3 aliphatic heterocycles. The number of aromatic nitrogens is 3. The molecule has 6 rings (SSSR count). The van der Waals surface area contributed by atoms with Gasteiger partial charge in [0.05, 0.1) is 24.6 Å². The second-order valence-corrected chi connectivity index (χ2v) is 16.2. The number of nitrogens with one attached hydrogen (secondary N) is 2. The van der Waals surface area contributed by atoms with Gasteiger partial charge in [0.25, 0.3) is 5.91 Å². The van der Waals surface area contributed by atoms with Crippen LogP contribution in [0.2, 0.25) is 0 Å². The van der Waals surface area contributed by atoms with E-state index in [1.807, 2.05) is 13.8 Å². The molecule has 18 heteroatoms. The van der Waals surface area contributed by atoms with Crippen molar-refractivity contribution in [1.29, 1.82) is 0 Å². The number of thiazole rings is 1. The first-order chi connectivity index (χ1) is 25.9. The summed E-state index contributed by atoms with van der Waals surface area (Å²) in [7, 11) is 2.91. The maximum atomic E-state index is 14.1. The molecule has 1 saturated carbocycles. The fourth-order valence-electron chi connectivity index (χ4n) is 7.60. The predicted molar refractivity (Wildman–Crippen MR) is 193 cm³/mol. The molecule has 2 aromatic heterocycles. The van der Waals surface area contributed by atoms with Crippen molar-refractivity contribution in [3.8, 4) is 0 Å². The summed E-state index contributed by atoms with van der Waals surface area (Å²) >= 11 is 1.09. The van der Waals surface area contributed by atoms with Crippen LogP contribution in [0.25, 0.3) is 0 Å². The number of likely N-dealkylation sites (N-methyl/N-ethyl adjacent to an activating group) is 1. The number of ether oxygens (including phenoxy) is 2. The zero-order chi connectivity index (χ0) is 40.2. The van der Waals surface area contributed by atoms with Gasteiger partial charge in [0.15, 0.2) is 6.10 Å². The SMILES string of the molecule is COC(=O)[C@@H](C)C[C@H](Cc1ncc(C(F)(F)F)cn1)NC(=O)c1csc([C@@H](C[C@H](C(C)C)N(C)C(=O)C2(NC(=O)[C@H]3CC4CCN3CC4)CC2)OC(C)=O)n1. The summed E-state index contributed by atoms with van der Waals surface area (Å²) in [6.45, 7) is 8.52. The number of hydrogen-bond donors (Lipinski definition) is 2. The first-order valence-electron chi connectivity index (χ1n) is 18.6. The molecule has 2 aromatic rings. The minimum Gasteiger partial charge on any atom is -0.469 e. The van der Waals surface area contributed by atoms with Gasteiger partial charge in [0.2, 0.25) is 11.8 Å². The van der Waals surface area contributed by atoms with E-state index in [0.717, 1.165) is 43.7 Å². The quantitative estimate of drug-likeness (QED) is 0.235. The standard InChI is InChI=1S/C37H50F3N7O7S/c1-20(2)27(46(5)35(52)36(9-10-36)45-32(50)28-14-23-7-11-47(28)12-8-23)16-29(54-22(4)48)33-44-26(19-55-33)31(49)43-25(13-21(3)34(51)53-6)15-30-41-17-24(18-42-30)37(38,39)40/h17-21,23,25,27-29H,7-16H2,1-6H3,(H,43,49)(H,45,50)/t21-,25+,27+,28+,29+/m0/s1. The van der Waals surface area contributed by atoms with Gasteiger partial charge in [0, 0.05) is 56.7 Å². The van der Waals surface area contributed by atoms with E-state index in [1.54, 1.807) is 18.9 Å². The fraction of sp³-hybridized carbons (Fsp3) is 0.676. The Labute approximate surface area is 322 Å². The number of amides is 3. The molecule has 0 unspecified atom stereocenters. The third-order valence-corrected chi connectivity index (χ3v) is 11.8. The van der Waals surface area contributed by atoms with Crippen LogP contribution in [0.1, 0.15) is 106 Å². The minimum atomic E-state index is -4.62. The Morgan fingerprint density at radius 1 is 1.07 bits per heavy atom. The molecule has 4 aliphatic rings. The fourth-order valence-corrected chi connectivity index (χ4v) is 8.44. The number of halogens is 3. The smallest absolute Gasteiger partial charge is 0.419 e. The topological polar surface area (TPSA) is 173 Å². The average molecular weight is 794 g/mol. The Morgan fingerprint density at radius 2 is 1.73 bits per heavy atom. The number of piperidine rings is 3. The van der Waals surface area contributed by atoms with Crippen LogP contribution >= 0.6 is 11.3 Å². The van der Waals surface area contributed by atoms with Gasteiger partial charge in [0.1, 0.15) is 22.1 Å². The Kier molecular flexibility index (Phi) is 13.2. The molecule has 1 aliphatic carbocycles. The summed E-state index contributed by atoms with van der Waals surface area (Å²) in [5.74, 6) is -2.29. The number of esters is 2. The van der Waals surface area contributed by atoms with Crippen molar-refractivity contribution in [2.75, 3.05) is 27.2 Å². The summed E-state index contributed by atoms with van der Waals surface area (Å²) in [5.41, 5.74) is -2.02. The van der Waals surface area contributed by atoms with Crippen LogP contribution in [0.5, 0.6) is 0 Å². The average Bonchev–Trinajstić information content (AvgIpc) is 3.75. The summed E-state index contributed by atoms with van der Waals surface area (Å²) in [4.78, 5) is 81.5. The molecule has 2 bridgehead atoms. The molecule has 55 heavy (non-hydrogen) atoms. The number of methoxy groups -OCH3 is 1. The highest BCUT2D eigenvalue weighted by atomic mass is 32.1. The van der Waals surface area contributed by atoms with Gasteiger partial charge < -0.3 is 25.0 Å². The first kappa shape index (κ1) is 42.0. The van der Waals surface area contributed by atoms with Crippen LogP contribution in [0, 0.1) is 17.8 Å². The highest BCUT2D eigenvalue weighted by Gasteiger charge is 2.55. The lowest BCUT2D eigenvalue weighted by Gasteiger charge is -2.45. The van der Waals surface area contributed by atoms with Gasteiger partial charge in [-0.25, -0.2) is 15.0 Å². The lowest BCUT2D eigenvalue weighted by molar-refractivity contribution is -0.149. The van der Waals surface area contributed by atoms with Gasteiger partial charge in [-0.05, 0) is 63.5 Å². The van der Waals surface area contributed by atoms with Crippen LogP contribution in [-0.2, 0) is 41.2 Å². The number of fused-ring (bicyclic) bond motifs is 3. The van der Waals surface area contributed by atoms with Crippen LogP contribution < -0.4 is 10.6 Å². The molecular weight excluding hydrogens is 744 g/mol. The Bertz CT molecular complexity index is 1710. The van der Waals surface area contributed by atoms with Crippen molar-refractivity contribution < 1.29 is 46.6 Å². The molecule has 2 N–H and O–H groups in total. The molecule has 0 aromatic carbocycles. The van der Waals surface area contributed by atoms with Crippen molar-refractivity contribution in [1.82, 2.24) is 35.4 Å². The molecule has 0 radical (unpaired) electrons. The Morgan fingerprint density at radius 3 is 2.25 bits per heavy atom. The molecule has 0 spiro atoms. The largest absolute Gasteiger partial charge is 0.469 e. The lowest BCUT2D eigenvalue weighted by Crippen LogP contribution is -2.60. The summed E-state index contributed by atoms with van der Waals surface area (Å²) in [6, 6.07) is -1.45. The van der Waals surface area contributed by atoms with E-state index in [0.29, 0.717) is 36.2 Å². The van der Waals surface area contributed by atoms with Crippen LogP contribution in [-0.4, -0.2) is 105 Å². The molecule has 14 nitrogen and oxygen atoms in total. The molecule has 3 saturated heterocycles. The van der Waals surface area contributed by atoms with Crippen molar-refractivity contribution >= 4 is 41.0 Å². The van der Waals surface area contributed by atoms with E-state index in [2.05, 4.69) is 30.5 Å². The van der Waals surface area contributed by atoms with Gasteiger partial charge in [-0.1, -0.05) is 20.8 Å². The van der Waals surface area contributed by atoms with E-state index in [9.17, 15) is 37.1 Å². The maximum Gasteiger partial charge on any atom is 0.419 e. The molecule has 4 fully saturated rings. The van der Waals surface area contributed by atoms with Crippen molar-refractivity contribution in [3.63, 3.8) is 0 Å². The number of rotatable bonds is 16. The third-order valence-electron chi connectivity index (χ3n) is 10.9. The van der Waals surface area contributed by atoms with E-state index < -0.39 is 59.2 Å². The van der Waals surface area contributed by atoms with Crippen LogP contribution in [0.3, 0.4) is 0 Å².